The molecule has 0 fully saturated rings. The number of aliphatic hydroxyl groups excluding tert-OH is 1. The Morgan fingerprint density at radius 3 is 1.78 bits per heavy atom. The highest BCUT2D eigenvalue weighted by Gasteiger charge is 2.25. The highest BCUT2D eigenvalue weighted by atomic mass is 32.2. The van der Waals surface area contributed by atoms with Crippen LogP contribution in [-0.2, 0) is 14.9 Å². The van der Waals surface area contributed by atoms with Crippen LogP contribution in [0.2, 0.25) is 0 Å². The molecule has 0 aromatic carbocycles. The van der Waals surface area contributed by atoms with Crippen molar-refractivity contribution in [3.8, 4) is 0 Å². The van der Waals surface area contributed by atoms with E-state index in [1.807, 2.05) is 0 Å². The van der Waals surface area contributed by atoms with E-state index in [0.29, 0.717) is 12.8 Å². The number of unbranched alkanes of at least 4 members (excludes halogenated alkanes) is 14. The molecule has 0 radical (unpaired) electrons. The minimum absolute atomic E-state index is 0.267. The summed E-state index contributed by atoms with van der Waals surface area (Å²) in [5.41, 5.74) is 0. The van der Waals surface area contributed by atoms with Crippen LogP contribution in [0.15, 0.2) is 24.3 Å². The quantitative estimate of drug-likeness (QED) is 0.0590. The maximum absolute atomic E-state index is 12.3. The maximum atomic E-state index is 12.3. The second kappa shape index (κ2) is 25.1. The van der Waals surface area contributed by atoms with Crippen LogP contribution in [0.4, 0.5) is 0 Å². The van der Waals surface area contributed by atoms with E-state index in [1.165, 1.54) is 44.9 Å². The van der Waals surface area contributed by atoms with Crippen molar-refractivity contribution >= 4 is 16.0 Å². The van der Waals surface area contributed by atoms with Gasteiger partial charge in [-0.15, -0.1) is 0 Å². The van der Waals surface area contributed by atoms with Gasteiger partial charge in [0.05, 0.1) is 17.9 Å². The molecule has 0 aromatic rings. The summed E-state index contributed by atoms with van der Waals surface area (Å²) in [5.74, 6) is -0.921. The van der Waals surface area contributed by atoms with E-state index in [4.69, 9.17) is 0 Å². The highest BCUT2D eigenvalue weighted by molar-refractivity contribution is 7.85. The van der Waals surface area contributed by atoms with Crippen molar-refractivity contribution in [3.63, 3.8) is 0 Å². The SMILES string of the molecule is CCCCCC/C=C\C/C=C\CCCCCCCC(=O)NC(CS(=O)(=O)O)C(O)CCCCCCCC. The van der Waals surface area contributed by atoms with Gasteiger partial charge in [0, 0.05) is 6.42 Å². The Bertz CT molecular complexity index is 690. The molecule has 6 nitrogen and oxygen atoms in total. The summed E-state index contributed by atoms with van der Waals surface area (Å²) in [6.45, 7) is 4.39. The first-order valence-corrected chi connectivity index (χ1v) is 16.6. The molecule has 0 aliphatic rings. The largest absolute Gasteiger partial charge is 0.391 e. The Morgan fingerprint density at radius 2 is 1.22 bits per heavy atom. The van der Waals surface area contributed by atoms with Crippen molar-refractivity contribution < 1.29 is 22.9 Å². The predicted molar refractivity (Wildman–Crippen MR) is 156 cm³/mol. The van der Waals surface area contributed by atoms with Crippen LogP contribution in [0.1, 0.15) is 142 Å². The summed E-state index contributed by atoms with van der Waals surface area (Å²) >= 11 is 0. The lowest BCUT2D eigenvalue weighted by Gasteiger charge is -2.23. The van der Waals surface area contributed by atoms with Crippen molar-refractivity contribution in [2.75, 3.05) is 5.75 Å². The second-order valence-electron chi connectivity index (χ2n) is 10.4. The predicted octanol–water partition coefficient (Wildman–Crippen LogP) is 7.67. The minimum atomic E-state index is -4.29. The molecule has 2 unspecified atom stereocenters. The lowest BCUT2D eigenvalue weighted by Crippen LogP contribution is -2.47. The molecule has 0 heterocycles. The lowest BCUT2D eigenvalue weighted by molar-refractivity contribution is -0.122. The molecule has 1 amide bonds. The van der Waals surface area contributed by atoms with Crippen molar-refractivity contribution in [1.82, 2.24) is 5.32 Å². The number of aliphatic hydroxyl groups is 1. The van der Waals surface area contributed by atoms with Gasteiger partial charge in [0.15, 0.2) is 0 Å². The number of nitrogens with one attached hydrogen (secondary N) is 1. The van der Waals surface area contributed by atoms with Crippen molar-refractivity contribution in [2.45, 2.75) is 154 Å². The average Bonchev–Trinajstić information content (AvgIpc) is 2.84. The Labute approximate surface area is 228 Å². The van der Waals surface area contributed by atoms with Crippen LogP contribution in [0.25, 0.3) is 0 Å². The Balaban J connectivity index is 3.97. The fraction of sp³-hybridized carbons (Fsp3) is 0.833. The van der Waals surface area contributed by atoms with Crippen LogP contribution >= 0.6 is 0 Å². The van der Waals surface area contributed by atoms with Crippen LogP contribution in [-0.4, -0.2) is 41.9 Å². The third-order valence-corrected chi connectivity index (χ3v) is 7.44. The van der Waals surface area contributed by atoms with Gasteiger partial charge in [-0.25, -0.2) is 0 Å². The van der Waals surface area contributed by atoms with E-state index >= 15 is 0 Å². The summed E-state index contributed by atoms with van der Waals surface area (Å²) in [5, 5.41) is 13.1. The summed E-state index contributed by atoms with van der Waals surface area (Å²) in [7, 11) is -4.29. The summed E-state index contributed by atoms with van der Waals surface area (Å²) in [4.78, 5) is 12.3. The number of carbonyl (C=O) groups is 1. The number of amides is 1. The van der Waals surface area contributed by atoms with Crippen molar-refractivity contribution in [3.05, 3.63) is 24.3 Å². The lowest BCUT2D eigenvalue weighted by atomic mass is 10.0. The van der Waals surface area contributed by atoms with Gasteiger partial charge < -0.3 is 10.4 Å². The first-order valence-electron chi connectivity index (χ1n) is 15.0. The fourth-order valence-corrected chi connectivity index (χ4v) is 5.12. The topological polar surface area (TPSA) is 104 Å². The zero-order valence-corrected chi connectivity index (χ0v) is 24.7. The van der Waals surface area contributed by atoms with Gasteiger partial charge in [0.1, 0.15) is 0 Å². The van der Waals surface area contributed by atoms with E-state index < -0.39 is 28.0 Å². The van der Waals surface area contributed by atoms with Gasteiger partial charge in [0.2, 0.25) is 5.91 Å². The molecule has 0 saturated heterocycles. The van der Waals surface area contributed by atoms with Gasteiger partial charge in [-0.05, 0) is 44.9 Å². The highest BCUT2D eigenvalue weighted by Crippen LogP contribution is 2.13. The number of carbonyl (C=O) groups excluding carboxylic acids is 1. The number of rotatable bonds is 26. The van der Waals surface area contributed by atoms with Gasteiger partial charge in [-0.3, -0.25) is 9.35 Å². The standard InChI is InChI=1S/C30H57NO5S/c1-3-5-7-9-11-12-13-14-15-16-17-18-19-20-22-24-26-30(33)31-28(27-37(34,35)36)29(32)25-23-21-10-8-6-4-2/h12-13,15-16,28-29,32H,3-11,14,17-27H2,1-2H3,(H,31,33)(H,34,35,36)/b13-12-,16-15-. The minimum Gasteiger partial charge on any atom is -0.391 e. The van der Waals surface area contributed by atoms with Gasteiger partial charge in [0.25, 0.3) is 10.1 Å². The number of allylic oxidation sites excluding steroid dienone is 4. The van der Waals surface area contributed by atoms with Crippen LogP contribution < -0.4 is 5.32 Å². The van der Waals surface area contributed by atoms with Gasteiger partial charge in [-0.1, -0.05) is 115 Å². The summed E-state index contributed by atoms with van der Waals surface area (Å²) < 4.78 is 32.0. The number of hydrogen-bond acceptors (Lipinski definition) is 4. The van der Waals surface area contributed by atoms with E-state index in [2.05, 4.69) is 43.5 Å². The Morgan fingerprint density at radius 1 is 0.730 bits per heavy atom. The van der Waals surface area contributed by atoms with Crippen LogP contribution in [0.5, 0.6) is 0 Å². The zero-order chi connectivity index (χ0) is 27.6. The molecular formula is C30H57NO5S. The molecule has 3 N–H and O–H groups in total. The average molecular weight is 544 g/mol. The molecular weight excluding hydrogens is 486 g/mol. The molecule has 0 rings (SSSR count). The van der Waals surface area contributed by atoms with E-state index in [1.54, 1.807) is 0 Å². The first kappa shape index (κ1) is 35.8. The molecule has 0 spiro atoms. The third kappa shape index (κ3) is 26.2. The number of hydrogen-bond donors (Lipinski definition) is 3. The molecule has 37 heavy (non-hydrogen) atoms. The van der Waals surface area contributed by atoms with Crippen molar-refractivity contribution in [2.24, 2.45) is 0 Å². The van der Waals surface area contributed by atoms with E-state index in [-0.39, 0.29) is 5.91 Å². The van der Waals surface area contributed by atoms with E-state index in [0.717, 1.165) is 70.6 Å². The third-order valence-electron chi connectivity index (χ3n) is 6.66. The fourth-order valence-electron chi connectivity index (χ4n) is 4.36. The zero-order valence-electron chi connectivity index (χ0n) is 23.8. The second-order valence-corrected chi connectivity index (χ2v) is 11.9. The van der Waals surface area contributed by atoms with Gasteiger partial charge >= 0.3 is 0 Å². The van der Waals surface area contributed by atoms with Crippen LogP contribution in [0, 0.1) is 0 Å². The molecule has 0 aliphatic heterocycles. The Kier molecular flexibility index (Phi) is 24.3. The van der Waals surface area contributed by atoms with E-state index in [9.17, 15) is 22.9 Å². The molecule has 0 aliphatic carbocycles. The maximum Gasteiger partial charge on any atom is 0.266 e. The van der Waals surface area contributed by atoms with Gasteiger partial charge in [-0.2, -0.15) is 8.42 Å². The van der Waals surface area contributed by atoms with Crippen molar-refractivity contribution in [1.29, 1.82) is 0 Å². The molecule has 0 aromatic heterocycles. The molecule has 218 valence electrons. The molecule has 2 atom stereocenters. The monoisotopic (exact) mass is 543 g/mol. The Hall–Kier alpha value is -1.18. The smallest absolute Gasteiger partial charge is 0.266 e. The normalized spacial score (nSPS) is 13.9. The summed E-state index contributed by atoms with van der Waals surface area (Å²) in [6, 6.07) is -0.971. The molecule has 7 heteroatoms. The molecule has 0 saturated carbocycles. The molecule has 0 bridgehead atoms. The summed E-state index contributed by atoms with van der Waals surface area (Å²) in [6.07, 6.45) is 28.6. The first-order chi connectivity index (χ1) is 17.8. The van der Waals surface area contributed by atoms with Crippen LogP contribution in [0.3, 0.4) is 0 Å².